The third-order valence-electron chi connectivity index (χ3n) is 5.26. The second kappa shape index (κ2) is 9.16. The number of nitrogens with zero attached hydrogens (tertiary/aromatic N) is 2. The molecular formula is C23H26ClN3O5. The molecule has 1 aliphatic heterocycles. The van der Waals surface area contributed by atoms with E-state index in [2.05, 4.69) is 19.2 Å². The summed E-state index contributed by atoms with van der Waals surface area (Å²) < 4.78 is 5.94. The van der Waals surface area contributed by atoms with E-state index in [1.54, 1.807) is 23.1 Å². The molecule has 0 bridgehead atoms. The first-order valence-electron chi connectivity index (χ1n) is 10.3. The van der Waals surface area contributed by atoms with E-state index in [9.17, 15) is 19.7 Å². The topological polar surface area (TPSA) is 102 Å². The molecule has 0 unspecified atom stereocenters. The van der Waals surface area contributed by atoms with E-state index in [-0.39, 0.29) is 28.8 Å². The molecular weight excluding hydrogens is 434 g/mol. The van der Waals surface area contributed by atoms with Crippen molar-refractivity contribution >= 4 is 40.5 Å². The van der Waals surface area contributed by atoms with Crippen LogP contribution in [-0.4, -0.2) is 29.9 Å². The molecule has 0 spiro atoms. The van der Waals surface area contributed by atoms with Gasteiger partial charge in [-0.05, 0) is 50.5 Å². The van der Waals surface area contributed by atoms with Gasteiger partial charge in [-0.2, -0.15) is 0 Å². The van der Waals surface area contributed by atoms with Crippen LogP contribution in [0.15, 0.2) is 36.4 Å². The van der Waals surface area contributed by atoms with Gasteiger partial charge in [0.05, 0.1) is 16.0 Å². The van der Waals surface area contributed by atoms with Crippen LogP contribution in [0.2, 0.25) is 5.02 Å². The van der Waals surface area contributed by atoms with Gasteiger partial charge in [-0.15, -0.1) is 0 Å². The number of nitrogens with one attached hydrogen (secondary N) is 1. The molecule has 0 atom stereocenters. The second-order valence-corrected chi connectivity index (χ2v) is 9.28. The number of fused-ring (bicyclic) bond motifs is 1. The normalized spacial score (nSPS) is 15.1. The van der Waals surface area contributed by atoms with E-state index in [1.807, 2.05) is 13.8 Å². The molecule has 0 aliphatic carbocycles. The third kappa shape index (κ3) is 5.02. The van der Waals surface area contributed by atoms with Crippen LogP contribution in [0.5, 0.6) is 5.75 Å². The highest BCUT2D eigenvalue weighted by Gasteiger charge is 2.37. The van der Waals surface area contributed by atoms with Crippen molar-refractivity contribution in [1.29, 1.82) is 0 Å². The second-order valence-electron chi connectivity index (χ2n) is 8.87. The number of hydrogen-bond acceptors (Lipinski definition) is 5. The van der Waals surface area contributed by atoms with Gasteiger partial charge in [0.15, 0.2) is 0 Å². The lowest BCUT2D eigenvalue weighted by Crippen LogP contribution is -2.42. The summed E-state index contributed by atoms with van der Waals surface area (Å²) in [6, 6.07) is 8.95. The highest BCUT2D eigenvalue weighted by atomic mass is 35.5. The highest BCUT2D eigenvalue weighted by Crippen LogP contribution is 2.38. The maximum absolute atomic E-state index is 13.1. The number of nitro groups is 1. The molecule has 0 saturated heterocycles. The summed E-state index contributed by atoms with van der Waals surface area (Å²) in [6.07, 6.45) is 0.842. The molecule has 1 aliphatic rings. The zero-order valence-corrected chi connectivity index (χ0v) is 19.2. The molecule has 32 heavy (non-hydrogen) atoms. The van der Waals surface area contributed by atoms with Crippen molar-refractivity contribution in [3.05, 3.63) is 57.1 Å². The number of benzene rings is 2. The molecule has 2 aromatic rings. The predicted octanol–water partition coefficient (Wildman–Crippen LogP) is 5.30. The molecule has 0 fully saturated rings. The fourth-order valence-corrected chi connectivity index (χ4v) is 3.52. The Morgan fingerprint density at radius 1 is 1.28 bits per heavy atom. The number of anilines is 2. The first-order chi connectivity index (χ1) is 15.0. The lowest BCUT2D eigenvalue weighted by molar-refractivity contribution is -0.384. The Hall–Kier alpha value is -3.13. The fourth-order valence-electron chi connectivity index (χ4n) is 3.33. The van der Waals surface area contributed by atoms with Crippen LogP contribution in [-0.2, 0) is 4.79 Å². The summed E-state index contributed by atoms with van der Waals surface area (Å²) >= 11 is 5.82. The highest BCUT2D eigenvalue weighted by molar-refractivity contribution is 6.32. The van der Waals surface area contributed by atoms with Gasteiger partial charge in [-0.3, -0.25) is 19.7 Å². The summed E-state index contributed by atoms with van der Waals surface area (Å²) in [7, 11) is 0. The summed E-state index contributed by atoms with van der Waals surface area (Å²) in [5, 5.41) is 13.8. The molecule has 2 aromatic carbocycles. The minimum atomic E-state index is -0.693. The number of hydrogen-bond donors (Lipinski definition) is 1. The molecule has 0 radical (unpaired) electrons. The van der Waals surface area contributed by atoms with Crippen molar-refractivity contribution in [2.45, 2.75) is 34.1 Å². The van der Waals surface area contributed by atoms with E-state index >= 15 is 0 Å². The van der Waals surface area contributed by atoms with Crippen molar-refractivity contribution in [1.82, 2.24) is 0 Å². The quantitative estimate of drug-likeness (QED) is 0.466. The standard InChI is InChI=1S/C23H26ClN3O5/c1-14(2)9-10-26-18-8-6-16(12-20(18)32-13-23(3,4)22(26)29)25-21(28)15-5-7-17(24)19(11-15)27(30)31/h5-8,11-12,14H,9-10,13H2,1-4H3,(H,25,28). The van der Waals surface area contributed by atoms with Crippen molar-refractivity contribution < 1.29 is 19.2 Å². The number of carbonyl (C=O) groups is 2. The Kier molecular flexibility index (Phi) is 6.74. The molecule has 1 heterocycles. The predicted molar refractivity (Wildman–Crippen MR) is 124 cm³/mol. The zero-order chi connectivity index (χ0) is 23.6. The Morgan fingerprint density at radius 3 is 2.66 bits per heavy atom. The number of nitro benzene ring substituents is 1. The number of amides is 2. The first kappa shape index (κ1) is 23.5. The molecule has 0 aromatic heterocycles. The molecule has 2 amide bonds. The van der Waals surface area contributed by atoms with Crippen LogP contribution < -0.4 is 15.0 Å². The minimum Gasteiger partial charge on any atom is -0.490 e. The molecule has 170 valence electrons. The van der Waals surface area contributed by atoms with Gasteiger partial charge in [0.1, 0.15) is 17.4 Å². The summed E-state index contributed by atoms with van der Waals surface area (Å²) in [6.45, 7) is 8.67. The van der Waals surface area contributed by atoms with Crippen molar-refractivity contribution in [3.8, 4) is 5.75 Å². The van der Waals surface area contributed by atoms with Crippen LogP contribution in [0, 0.1) is 21.4 Å². The molecule has 3 rings (SSSR count). The van der Waals surface area contributed by atoms with Crippen LogP contribution in [0.3, 0.4) is 0 Å². The van der Waals surface area contributed by atoms with Crippen molar-refractivity contribution in [3.63, 3.8) is 0 Å². The monoisotopic (exact) mass is 459 g/mol. The van der Waals surface area contributed by atoms with Gasteiger partial charge in [-0.25, -0.2) is 0 Å². The number of rotatable bonds is 6. The van der Waals surface area contributed by atoms with E-state index in [4.69, 9.17) is 16.3 Å². The zero-order valence-electron chi connectivity index (χ0n) is 18.5. The van der Waals surface area contributed by atoms with Crippen LogP contribution in [0.4, 0.5) is 17.1 Å². The molecule has 8 nitrogen and oxygen atoms in total. The van der Waals surface area contributed by atoms with E-state index < -0.39 is 16.2 Å². The summed E-state index contributed by atoms with van der Waals surface area (Å²) in [5.41, 5.74) is 0.170. The summed E-state index contributed by atoms with van der Waals surface area (Å²) in [5.74, 6) is 0.390. The molecule has 9 heteroatoms. The van der Waals surface area contributed by atoms with E-state index in [0.717, 1.165) is 12.5 Å². The Morgan fingerprint density at radius 2 is 2.00 bits per heavy atom. The van der Waals surface area contributed by atoms with Gasteiger partial charge < -0.3 is 15.0 Å². The van der Waals surface area contributed by atoms with Gasteiger partial charge in [0.25, 0.3) is 11.6 Å². The fraction of sp³-hybridized carbons (Fsp3) is 0.391. The van der Waals surface area contributed by atoms with E-state index in [1.165, 1.54) is 12.1 Å². The van der Waals surface area contributed by atoms with Crippen molar-refractivity contribution in [2.75, 3.05) is 23.4 Å². The largest absolute Gasteiger partial charge is 0.490 e. The van der Waals surface area contributed by atoms with Gasteiger partial charge in [0, 0.05) is 29.9 Å². The minimum absolute atomic E-state index is 0.0119. The van der Waals surface area contributed by atoms with Gasteiger partial charge in [0.2, 0.25) is 5.91 Å². The smallest absolute Gasteiger partial charge is 0.288 e. The lowest BCUT2D eigenvalue weighted by atomic mass is 9.92. The molecule has 1 N–H and O–H groups in total. The maximum atomic E-state index is 13.1. The van der Waals surface area contributed by atoms with Crippen LogP contribution in [0.25, 0.3) is 0 Å². The SMILES string of the molecule is CC(C)CCN1C(=O)C(C)(C)COc2cc(NC(=O)c3ccc(Cl)c([N+](=O)[O-])c3)ccc21. The van der Waals surface area contributed by atoms with Crippen LogP contribution in [0.1, 0.15) is 44.5 Å². The first-order valence-corrected chi connectivity index (χ1v) is 10.7. The number of halogens is 1. The maximum Gasteiger partial charge on any atom is 0.288 e. The van der Waals surface area contributed by atoms with Crippen LogP contribution >= 0.6 is 11.6 Å². The Labute approximate surface area is 191 Å². The van der Waals surface area contributed by atoms with E-state index in [0.29, 0.717) is 29.6 Å². The van der Waals surface area contributed by atoms with Crippen molar-refractivity contribution in [2.24, 2.45) is 11.3 Å². The van der Waals surface area contributed by atoms with Gasteiger partial charge in [-0.1, -0.05) is 25.4 Å². The third-order valence-corrected chi connectivity index (χ3v) is 5.58. The Balaban J connectivity index is 1.88. The number of carbonyl (C=O) groups excluding carboxylic acids is 2. The molecule has 0 saturated carbocycles. The Bertz CT molecular complexity index is 1070. The number of ether oxygens (including phenoxy) is 1. The average Bonchev–Trinajstić information content (AvgIpc) is 2.81. The average molecular weight is 460 g/mol. The lowest BCUT2D eigenvalue weighted by Gasteiger charge is -2.28. The summed E-state index contributed by atoms with van der Waals surface area (Å²) in [4.78, 5) is 38.0. The van der Waals surface area contributed by atoms with Gasteiger partial charge >= 0.3 is 0 Å².